The molecule has 0 saturated heterocycles. The van der Waals surface area contributed by atoms with Crippen molar-refractivity contribution in [1.82, 2.24) is 15.0 Å². The van der Waals surface area contributed by atoms with Crippen LogP contribution >= 0.6 is 0 Å². The molecule has 0 fully saturated rings. The van der Waals surface area contributed by atoms with Crippen molar-refractivity contribution >= 4 is 9.84 Å². The Morgan fingerprint density at radius 2 is 1.75 bits per heavy atom. The fourth-order valence-electron chi connectivity index (χ4n) is 2.30. The monoisotopic (exact) mass is 343 g/mol. The third-order valence-corrected chi connectivity index (χ3v) is 4.95. The van der Waals surface area contributed by atoms with Gasteiger partial charge in [0.1, 0.15) is 11.5 Å². The number of aromatic nitrogens is 3. The van der Waals surface area contributed by atoms with E-state index >= 15 is 0 Å². The molecule has 1 aromatic heterocycles. The molecule has 0 aliphatic carbocycles. The van der Waals surface area contributed by atoms with Crippen LogP contribution in [0.25, 0.3) is 0 Å². The molecule has 0 aliphatic rings. The molecule has 0 bridgehead atoms. The molecular formula is C17H17N3O3S. The van der Waals surface area contributed by atoms with E-state index in [1.807, 2.05) is 30.3 Å². The minimum Gasteiger partial charge on any atom is -0.457 e. The quantitative estimate of drug-likeness (QED) is 0.688. The molecule has 3 aromatic rings. The molecule has 0 amide bonds. The fourth-order valence-corrected chi connectivity index (χ4v) is 3.80. The number of hydrogen-bond acceptors (Lipinski definition) is 5. The highest BCUT2D eigenvalue weighted by molar-refractivity contribution is 7.89. The van der Waals surface area contributed by atoms with Crippen LogP contribution in [0.3, 0.4) is 0 Å². The number of ether oxygens (including phenoxy) is 1. The van der Waals surface area contributed by atoms with E-state index in [0.29, 0.717) is 22.8 Å². The Labute approximate surface area is 140 Å². The number of aryl methyl sites for hydroxylation is 1. The van der Waals surface area contributed by atoms with Gasteiger partial charge in [0, 0.05) is 7.05 Å². The minimum absolute atomic E-state index is 0.0653. The molecule has 0 radical (unpaired) electrons. The summed E-state index contributed by atoms with van der Waals surface area (Å²) in [6.45, 7) is 0. The Bertz CT molecular complexity index is 921. The van der Waals surface area contributed by atoms with Crippen molar-refractivity contribution in [2.45, 2.75) is 11.5 Å². The first-order chi connectivity index (χ1) is 11.5. The van der Waals surface area contributed by atoms with E-state index in [0.717, 1.165) is 0 Å². The van der Waals surface area contributed by atoms with Crippen molar-refractivity contribution in [3.05, 3.63) is 72.1 Å². The SMILES string of the molecule is Cn1nncc1CS(=O)(=O)Cc1cccc(Oc2ccccc2)c1. The second-order valence-corrected chi connectivity index (χ2v) is 7.51. The first-order valence-electron chi connectivity index (χ1n) is 7.38. The van der Waals surface area contributed by atoms with Gasteiger partial charge in [-0.25, -0.2) is 8.42 Å². The number of rotatable bonds is 6. The lowest BCUT2D eigenvalue weighted by Gasteiger charge is -2.08. The van der Waals surface area contributed by atoms with Crippen LogP contribution < -0.4 is 4.74 Å². The van der Waals surface area contributed by atoms with Gasteiger partial charge in [-0.05, 0) is 29.8 Å². The van der Waals surface area contributed by atoms with Crippen LogP contribution in [0.5, 0.6) is 11.5 Å². The van der Waals surface area contributed by atoms with Crippen LogP contribution in [0.15, 0.2) is 60.8 Å². The lowest BCUT2D eigenvalue weighted by atomic mass is 10.2. The summed E-state index contributed by atoms with van der Waals surface area (Å²) in [4.78, 5) is 0. The van der Waals surface area contributed by atoms with Gasteiger partial charge in [-0.2, -0.15) is 0 Å². The number of sulfone groups is 1. The molecule has 3 rings (SSSR count). The fraction of sp³-hybridized carbons (Fsp3) is 0.176. The van der Waals surface area contributed by atoms with Crippen molar-refractivity contribution in [2.24, 2.45) is 7.05 Å². The Morgan fingerprint density at radius 3 is 2.46 bits per heavy atom. The van der Waals surface area contributed by atoms with Gasteiger partial charge in [0.05, 0.1) is 23.4 Å². The van der Waals surface area contributed by atoms with Gasteiger partial charge in [0.15, 0.2) is 9.84 Å². The highest BCUT2D eigenvalue weighted by Gasteiger charge is 2.16. The average molecular weight is 343 g/mol. The summed E-state index contributed by atoms with van der Waals surface area (Å²) in [6, 6.07) is 16.5. The molecule has 0 aliphatic heterocycles. The molecule has 0 unspecified atom stereocenters. The van der Waals surface area contributed by atoms with Gasteiger partial charge >= 0.3 is 0 Å². The summed E-state index contributed by atoms with van der Waals surface area (Å²) < 4.78 is 32.0. The predicted molar refractivity (Wildman–Crippen MR) is 90.3 cm³/mol. The number of nitrogens with zero attached hydrogens (tertiary/aromatic N) is 3. The third-order valence-electron chi connectivity index (χ3n) is 3.44. The van der Waals surface area contributed by atoms with Crippen molar-refractivity contribution in [1.29, 1.82) is 0 Å². The van der Waals surface area contributed by atoms with E-state index < -0.39 is 9.84 Å². The second-order valence-electron chi connectivity index (χ2n) is 5.44. The van der Waals surface area contributed by atoms with Crippen molar-refractivity contribution in [3.63, 3.8) is 0 Å². The maximum atomic E-state index is 12.4. The molecular weight excluding hydrogens is 326 g/mol. The summed E-state index contributed by atoms with van der Waals surface area (Å²) in [5.41, 5.74) is 1.24. The predicted octanol–water partition coefficient (Wildman–Crippen LogP) is 2.72. The zero-order valence-electron chi connectivity index (χ0n) is 13.2. The molecule has 0 saturated carbocycles. The summed E-state index contributed by atoms with van der Waals surface area (Å²) >= 11 is 0. The standard InChI is InChI=1S/C17H17N3O3S/c1-20-15(11-18-19-20)13-24(21,22)12-14-6-5-9-17(10-14)23-16-7-3-2-4-8-16/h2-11H,12-13H2,1H3. The largest absolute Gasteiger partial charge is 0.457 e. The van der Waals surface area contributed by atoms with Crippen molar-refractivity contribution < 1.29 is 13.2 Å². The van der Waals surface area contributed by atoms with E-state index in [2.05, 4.69) is 10.3 Å². The average Bonchev–Trinajstić information content (AvgIpc) is 2.92. The van der Waals surface area contributed by atoms with Gasteiger partial charge < -0.3 is 4.74 Å². The number of para-hydroxylation sites is 1. The van der Waals surface area contributed by atoms with Crippen LogP contribution in [0, 0.1) is 0 Å². The van der Waals surface area contributed by atoms with E-state index in [4.69, 9.17) is 4.74 Å². The van der Waals surface area contributed by atoms with Crippen LogP contribution in [-0.4, -0.2) is 23.4 Å². The summed E-state index contributed by atoms with van der Waals surface area (Å²) in [5, 5.41) is 7.45. The smallest absolute Gasteiger partial charge is 0.160 e. The molecule has 24 heavy (non-hydrogen) atoms. The summed E-state index contributed by atoms with van der Waals surface area (Å²) in [6.07, 6.45) is 1.46. The Kier molecular flexibility index (Phi) is 4.61. The van der Waals surface area contributed by atoms with Gasteiger partial charge in [0.25, 0.3) is 0 Å². The molecule has 0 N–H and O–H groups in total. The van der Waals surface area contributed by atoms with E-state index in [1.165, 1.54) is 10.9 Å². The van der Waals surface area contributed by atoms with Crippen molar-refractivity contribution in [3.8, 4) is 11.5 Å². The first-order valence-corrected chi connectivity index (χ1v) is 9.20. The van der Waals surface area contributed by atoms with Crippen LogP contribution in [0.2, 0.25) is 0 Å². The van der Waals surface area contributed by atoms with Gasteiger partial charge in [-0.3, -0.25) is 4.68 Å². The van der Waals surface area contributed by atoms with Crippen LogP contribution in [0.4, 0.5) is 0 Å². The van der Waals surface area contributed by atoms with Gasteiger partial charge in [-0.15, -0.1) is 5.10 Å². The zero-order chi connectivity index (χ0) is 17.0. The molecule has 2 aromatic carbocycles. The number of hydrogen-bond donors (Lipinski definition) is 0. The minimum atomic E-state index is -3.33. The lowest BCUT2D eigenvalue weighted by Crippen LogP contribution is -2.10. The summed E-state index contributed by atoms with van der Waals surface area (Å²) in [7, 11) is -1.65. The second kappa shape index (κ2) is 6.84. The van der Waals surface area contributed by atoms with Crippen LogP contribution in [0.1, 0.15) is 11.3 Å². The maximum absolute atomic E-state index is 12.4. The molecule has 124 valence electrons. The Morgan fingerprint density at radius 1 is 1.00 bits per heavy atom. The number of benzene rings is 2. The first kappa shape index (κ1) is 16.2. The maximum Gasteiger partial charge on any atom is 0.160 e. The van der Waals surface area contributed by atoms with Crippen molar-refractivity contribution in [2.75, 3.05) is 0 Å². The zero-order valence-corrected chi connectivity index (χ0v) is 14.0. The van der Waals surface area contributed by atoms with E-state index in [1.54, 1.807) is 31.3 Å². The topological polar surface area (TPSA) is 74.1 Å². The van der Waals surface area contributed by atoms with Crippen LogP contribution in [-0.2, 0) is 28.4 Å². The molecule has 7 heteroatoms. The van der Waals surface area contributed by atoms with E-state index in [-0.39, 0.29) is 11.5 Å². The van der Waals surface area contributed by atoms with E-state index in [9.17, 15) is 8.42 Å². The lowest BCUT2D eigenvalue weighted by molar-refractivity contribution is 0.482. The Hall–Kier alpha value is -2.67. The highest BCUT2D eigenvalue weighted by Crippen LogP contribution is 2.23. The summed E-state index contributed by atoms with van der Waals surface area (Å²) in [5.74, 6) is 1.15. The van der Waals surface area contributed by atoms with Gasteiger partial charge in [-0.1, -0.05) is 35.5 Å². The third kappa shape index (κ3) is 4.20. The Balaban J connectivity index is 1.73. The molecule has 0 atom stereocenters. The normalized spacial score (nSPS) is 11.4. The molecule has 6 nitrogen and oxygen atoms in total. The van der Waals surface area contributed by atoms with Gasteiger partial charge in [0.2, 0.25) is 0 Å². The molecule has 0 spiro atoms. The highest BCUT2D eigenvalue weighted by atomic mass is 32.2. The molecule has 1 heterocycles.